The average molecular weight is 750 g/mol. The maximum Gasteiger partial charge on any atom is 0.582 e. The van der Waals surface area contributed by atoms with Gasteiger partial charge in [0.15, 0.2) is 0 Å². The molecule has 0 aromatic heterocycles. The SMILES string of the molecule is C=Cc1ccccc1CN(C(=O)CCCCC(=O)NCC(=O)Nc1ccc(COC(=O)NCCCCCCO[P+](=O)S)cc1)c1ccccc1CC. The summed E-state index contributed by atoms with van der Waals surface area (Å²) in [5.74, 6) is -0.655. The summed E-state index contributed by atoms with van der Waals surface area (Å²) in [6, 6.07) is 22.7. The Bertz CT molecular complexity index is 1640. The molecule has 1 atom stereocenters. The van der Waals surface area contributed by atoms with E-state index < -0.39 is 13.3 Å². The van der Waals surface area contributed by atoms with Crippen LogP contribution >= 0.6 is 19.5 Å². The molecule has 0 radical (unpaired) electrons. The molecule has 3 aromatic carbocycles. The zero-order valence-corrected chi connectivity index (χ0v) is 31.6. The standard InChI is InChI=1S/C39H49N4O7PS/c1-3-31-15-7-8-17-33(31)28-43(35-18-10-9-16-32(35)4-2)38(46)20-12-11-19-36(44)41-27-37(45)42-34-23-21-30(22-24-34)29-49-39(47)40-25-13-5-6-14-26-50-51(48)52/h3,7-10,15-18,21-24H,1,4-6,11-14,19-20,25-29H2,2H3,(H3-,40,41,42,44,45,47,48,52)/p+1. The van der Waals surface area contributed by atoms with Gasteiger partial charge in [0.2, 0.25) is 17.7 Å². The Morgan fingerprint density at radius 2 is 1.52 bits per heavy atom. The Morgan fingerprint density at radius 3 is 2.25 bits per heavy atom. The number of hydrogen-bond donors (Lipinski definition) is 4. The Balaban J connectivity index is 1.33. The first kappa shape index (κ1) is 41.9. The summed E-state index contributed by atoms with van der Waals surface area (Å²) in [7, 11) is -1.86. The summed E-state index contributed by atoms with van der Waals surface area (Å²) < 4.78 is 20.9. The molecule has 3 N–H and O–H groups in total. The van der Waals surface area contributed by atoms with Crippen molar-refractivity contribution < 1.29 is 33.0 Å². The van der Waals surface area contributed by atoms with E-state index in [1.807, 2.05) is 53.4 Å². The molecule has 11 nitrogen and oxygen atoms in total. The second kappa shape index (κ2) is 23.9. The number of amides is 4. The number of nitrogens with one attached hydrogen (secondary N) is 3. The van der Waals surface area contributed by atoms with Crippen molar-refractivity contribution in [1.29, 1.82) is 0 Å². The van der Waals surface area contributed by atoms with Gasteiger partial charge in [0.25, 0.3) is 0 Å². The van der Waals surface area contributed by atoms with E-state index in [-0.39, 0.29) is 43.7 Å². The fourth-order valence-electron chi connectivity index (χ4n) is 5.40. The molecule has 1 unspecified atom stereocenters. The van der Waals surface area contributed by atoms with Crippen LogP contribution in [0.4, 0.5) is 16.2 Å². The van der Waals surface area contributed by atoms with Gasteiger partial charge in [-0.3, -0.25) is 14.4 Å². The van der Waals surface area contributed by atoms with Gasteiger partial charge in [-0.15, -0.1) is 4.52 Å². The lowest BCUT2D eigenvalue weighted by Gasteiger charge is -2.26. The Morgan fingerprint density at radius 1 is 0.827 bits per heavy atom. The number of unbranched alkanes of at least 4 members (excludes halogenated alkanes) is 4. The Hall–Kier alpha value is -4.51. The van der Waals surface area contributed by atoms with Crippen molar-refractivity contribution in [2.24, 2.45) is 0 Å². The smallest absolute Gasteiger partial charge is 0.445 e. The first-order chi connectivity index (χ1) is 25.2. The van der Waals surface area contributed by atoms with E-state index in [1.165, 1.54) is 0 Å². The number of carbonyl (C=O) groups is 4. The molecule has 0 aliphatic heterocycles. The lowest BCUT2D eigenvalue weighted by atomic mass is 10.0. The molecule has 0 fully saturated rings. The number of nitrogens with zero attached hydrogens (tertiary/aromatic N) is 1. The molecule has 0 aliphatic rings. The van der Waals surface area contributed by atoms with Crippen LogP contribution in [0.25, 0.3) is 6.08 Å². The van der Waals surface area contributed by atoms with Gasteiger partial charge in [-0.1, -0.05) is 87.0 Å². The molecule has 0 bridgehead atoms. The van der Waals surface area contributed by atoms with Crippen molar-refractivity contribution in [3.05, 3.63) is 102 Å². The lowest BCUT2D eigenvalue weighted by molar-refractivity contribution is -0.124. The van der Waals surface area contributed by atoms with E-state index >= 15 is 0 Å². The highest BCUT2D eigenvalue weighted by Crippen LogP contribution is 2.27. The van der Waals surface area contributed by atoms with Crippen LogP contribution in [0.15, 0.2) is 79.4 Å². The molecule has 0 spiro atoms. The molecule has 0 saturated heterocycles. The highest BCUT2D eigenvalue weighted by molar-refractivity contribution is 8.39. The maximum absolute atomic E-state index is 13.5. The molecule has 0 heterocycles. The summed E-state index contributed by atoms with van der Waals surface area (Å²) in [4.78, 5) is 52.2. The highest BCUT2D eigenvalue weighted by atomic mass is 32.7. The van der Waals surface area contributed by atoms with Crippen LogP contribution in [-0.4, -0.2) is 43.5 Å². The zero-order chi connectivity index (χ0) is 37.6. The van der Waals surface area contributed by atoms with Crippen LogP contribution in [0.5, 0.6) is 0 Å². The van der Waals surface area contributed by atoms with E-state index in [0.717, 1.165) is 60.0 Å². The number of benzene rings is 3. The van der Waals surface area contributed by atoms with Crippen LogP contribution in [0.1, 0.15) is 80.5 Å². The minimum Gasteiger partial charge on any atom is -0.445 e. The zero-order valence-electron chi connectivity index (χ0n) is 29.8. The molecule has 278 valence electrons. The van der Waals surface area contributed by atoms with E-state index in [9.17, 15) is 23.7 Å². The molecule has 0 saturated carbocycles. The van der Waals surface area contributed by atoms with Crippen molar-refractivity contribution >= 4 is 60.7 Å². The fraction of sp³-hybridized carbons (Fsp3) is 0.385. The normalized spacial score (nSPS) is 10.9. The Kier molecular flexibility index (Phi) is 19.2. The molecule has 52 heavy (non-hydrogen) atoms. The predicted molar refractivity (Wildman–Crippen MR) is 209 cm³/mol. The molecule has 3 aromatic rings. The minimum atomic E-state index is -1.86. The van der Waals surface area contributed by atoms with Gasteiger partial charge in [-0.2, -0.15) is 0 Å². The molecule has 3 rings (SSSR count). The van der Waals surface area contributed by atoms with Crippen LogP contribution in [0.3, 0.4) is 0 Å². The number of anilines is 2. The summed E-state index contributed by atoms with van der Waals surface area (Å²) >= 11 is 3.68. The van der Waals surface area contributed by atoms with Crippen molar-refractivity contribution in [1.82, 2.24) is 10.6 Å². The number of para-hydroxylation sites is 1. The van der Waals surface area contributed by atoms with Crippen LogP contribution in [0.2, 0.25) is 0 Å². The van der Waals surface area contributed by atoms with Crippen LogP contribution in [0, 0.1) is 0 Å². The molecule has 4 amide bonds. The molecular weight excluding hydrogens is 699 g/mol. The second-order valence-corrected chi connectivity index (χ2v) is 13.8. The quantitative estimate of drug-likeness (QED) is 0.0436. The third kappa shape index (κ3) is 15.8. The van der Waals surface area contributed by atoms with Crippen molar-refractivity contribution in [3.63, 3.8) is 0 Å². The summed E-state index contributed by atoms with van der Waals surface area (Å²) in [5, 5.41) is 8.09. The summed E-state index contributed by atoms with van der Waals surface area (Å²) in [6.45, 7) is 7.19. The monoisotopic (exact) mass is 749 g/mol. The van der Waals surface area contributed by atoms with Crippen molar-refractivity contribution in [2.45, 2.75) is 77.9 Å². The first-order valence-electron chi connectivity index (χ1n) is 17.6. The van der Waals surface area contributed by atoms with Gasteiger partial charge in [-0.25, -0.2) is 4.79 Å². The van der Waals surface area contributed by atoms with E-state index in [2.05, 4.69) is 41.7 Å². The number of ether oxygens (including phenoxy) is 1. The van der Waals surface area contributed by atoms with Gasteiger partial charge in [0.05, 0.1) is 13.1 Å². The lowest BCUT2D eigenvalue weighted by Crippen LogP contribution is -2.33. The van der Waals surface area contributed by atoms with Gasteiger partial charge in [0, 0.05) is 30.8 Å². The number of thiol groups is 1. The fourth-order valence-corrected chi connectivity index (χ4v) is 5.93. The Labute approximate surface area is 312 Å². The van der Waals surface area contributed by atoms with Gasteiger partial charge >= 0.3 is 13.3 Å². The van der Waals surface area contributed by atoms with E-state index in [4.69, 9.17) is 9.26 Å². The van der Waals surface area contributed by atoms with E-state index in [0.29, 0.717) is 38.2 Å². The molecule has 0 aliphatic carbocycles. The molecular formula is C39H50N4O7PS+. The predicted octanol–water partition coefficient (Wildman–Crippen LogP) is 8.13. The van der Waals surface area contributed by atoms with Gasteiger partial charge in [-0.05, 0) is 77.1 Å². The number of alkyl carbamates (subject to hydrolysis) is 1. The number of hydrogen-bond acceptors (Lipinski definition) is 7. The summed E-state index contributed by atoms with van der Waals surface area (Å²) in [6.07, 6.45) is 6.96. The molecule has 13 heteroatoms. The third-order valence-electron chi connectivity index (χ3n) is 8.21. The topological polar surface area (TPSA) is 143 Å². The number of aryl methyl sites for hydroxylation is 1. The first-order valence-corrected chi connectivity index (χ1v) is 20.0. The number of rotatable bonds is 23. The number of carbonyl (C=O) groups excluding carboxylic acids is 4. The average Bonchev–Trinajstić information content (AvgIpc) is 3.15. The third-order valence-corrected chi connectivity index (χ3v) is 8.96. The van der Waals surface area contributed by atoms with Gasteiger partial charge in [0.1, 0.15) is 25.5 Å². The van der Waals surface area contributed by atoms with Gasteiger partial charge < -0.3 is 25.6 Å². The van der Waals surface area contributed by atoms with Crippen LogP contribution < -0.4 is 20.9 Å². The largest absolute Gasteiger partial charge is 0.582 e. The highest BCUT2D eigenvalue weighted by Gasteiger charge is 2.19. The van der Waals surface area contributed by atoms with Crippen molar-refractivity contribution in [2.75, 3.05) is 29.9 Å². The second-order valence-electron chi connectivity index (χ2n) is 12.1. The van der Waals surface area contributed by atoms with E-state index in [1.54, 1.807) is 30.3 Å². The maximum atomic E-state index is 13.5. The van der Waals surface area contributed by atoms with Crippen LogP contribution in [-0.2, 0) is 47.8 Å². The summed E-state index contributed by atoms with van der Waals surface area (Å²) in [5.41, 5.74) is 5.25. The van der Waals surface area contributed by atoms with Crippen molar-refractivity contribution in [3.8, 4) is 0 Å². The minimum absolute atomic E-state index is 0.0169.